The van der Waals surface area contributed by atoms with E-state index in [2.05, 4.69) is 10.6 Å². The van der Waals surface area contributed by atoms with Crippen LogP contribution in [0.3, 0.4) is 0 Å². The molecule has 6 nitrogen and oxygen atoms in total. The number of rotatable bonds is 4. The van der Waals surface area contributed by atoms with Gasteiger partial charge in [-0.1, -0.05) is 11.6 Å². The van der Waals surface area contributed by atoms with Crippen LogP contribution in [0.5, 0.6) is 5.75 Å². The minimum Gasteiger partial charge on any atom is -0.494 e. The van der Waals surface area contributed by atoms with E-state index in [0.717, 1.165) is 13.0 Å². The molecule has 1 amide bonds. The van der Waals surface area contributed by atoms with Crippen LogP contribution < -0.4 is 21.1 Å². The number of nitrogens with one attached hydrogen (secondary N) is 2. The van der Waals surface area contributed by atoms with Crippen LogP contribution in [0.15, 0.2) is 12.1 Å². The summed E-state index contributed by atoms with van der Waals surface area (Å²) in [5.74, 6) is 0.0415. The molecule has 0 saturated carbocycles. The van der Waals surface area contributed by atoms with Crippen molar-refractivity contribution in [3.8, 4) is 5.75 Å². The number of amides is 1. The third-order valence-electron chi connectivity index (χ3n) is 3.62. The fourth-order valence-electron chi connectivity index (χ4n) is 2.44. The van der Waals surface area contributed by atoms with E-state index in [4.69, 9.17) is 26.8 Å². The normalized spacial score (nSPS) is 21.9. The molecule has 1 saturated heterocycles. The third kappa shape index (κ3) is 3.40. The lowest BCUT2D eigenvalue weighted by Crippen LogP contribution is -2.53. The first-order chi connectivity index (χ1) is 10.1. The Balaban J connectivity index is 2.18. The van der Waals surface area contributed by atoms with Crippen molar-refractivity contribution in [3.63, 3.8) is 0 Å². The van der Waals surface area contributed by atoms with Crippen LogP contribution in [-0.4, -0.2) is 45.4 Å². The van der Waals surface area contributed by atoms with Gasteiger partial charge in [0, 0.05) is 13.7 Å². The highest BCUT2D eigenvalue weighted by atomic mass is 35.5. The Hall–Kier alpha value is -1.50. The second-order valence-corrected chi connectivity index (χ2v) is 5.27. The number of piperidine rings is 1. The van der Waals surface area contributed by atoms with Gasteiger partial charge in [-0.05, 0) is 25.1 Å². The van der Waals surface area contributed by atoms with Crippen LogP contribution in [0, 0.1) is 0 Å². The Morgan fingerprint density at radius 1 is 1.48 bits per heavy atom. The van der Waals surface area contributed by atoms with Gasteiger partial charge in [0.1, 0.15) is 5.02 Å². The second-order valence-electron chi connectivity index (χ2n) is 4.90. The van der Waals surface area contributed by atoms with Gasteiger partial charge in [-0.2, -0.15) is 0 Å². The number of halogens is 1. The molecule has 1 aromatic rings. The first-order valence-corrected chi connectivity index (χ1v) is 7.12. The summed E-state index contributed by atoms with van der Waals surface area (Å²) in [6, 6.07) is 3.15. The van der Waals surface area contributed by atoms with Crippen molar-refractivity contribution < 1.29 is 14.3 Å². The van der Waals surface area contributed by atoms with Crippen molar-refractivity contribution in [2.75, 3.05) is 33.0 Å². The zero-order chi connectivity index (χ0) is 15.4. The molecule has 1 aliphatic rings. The molecule has 7 heteroatoms. The summed E-state index contributed by atoms with van der Waals surface area (Å²) < 4.78 is 10.6. The summed E-state index contributed by atoms with van der Waals surface area (Å²) in [5, 5.41) is 6.45. The zero-order valence-electron chi connectivity index (χ0n) is 12.1. The monoisotopic (exact) mass is 313 g/mol. The molecule has 0 spiro atoms. The van der Waals surface area contributed by atoms with E-state index in [1.807, 2.05) is 0 Å². The van der Waals surface area contributed by atoms with Crippen molar-refractivity contribution in [3.05, 3.63) is 22.7 Å². The molecule has 116 valence electrons. The van der Waals surface area contributed by atoms with Crippen molar-refractivity contribution in [2.45, 2.75) is 18.6 Å². The smallest absolute Gasteiger partial charge is 0.255 e. The van der Waals surface area contributed by atoms with Gasteiger partial charge >= 0.3 is 0 Å². The zero-order valence-corrected chi connectivity index (χ0v) is 12.9. The van der Waals surface area contributed by atoms with Crippen LogP contribution in [-0.2, 0) is 4.74 Å². The van der Waals surface area contributed by atoms with Gasteiger partial charge in [-0.25, -0.2) is 0 Å². The van der Waals surface area contributed by atoms with Crippen molar-refractivity contribution >= 4 is 23.2 Å². The maximum atomic E-state index is 12.5. The van der Waals surface area contributed by atoms with Gasteiger partial charge in [0.05, 0.1) is 30.5 Å². The van der Waals surface area contributed by atoms with E-state index in [1.165, 1.54) is 7.11 Å². The summed E-state index contributed by atoms with van der Waals surface area (Å²) in [4.78, 5) is 12.5. The maximum absolute atomic E-state index is 12.5. The topological polar surface area (TPSA) is 85.6 Å². The highest BCUT2D eigenvalue weighted by molar-refractivity contribution is 6.35. The van der Waals surface area contributed by atoms with E-state index >= 15 is 0 Å². The molecule has 1 aliphatic heterocycles. The third-order valence-corrected chi connectivity index (χ3v) is 4.01. The molecular formula is C14H20ClN3O3. The summed E-state index contributed by atoms with van der Waals surface area (Å²) >= 11 is 6.08. The quantitative estimate of drug-likeness (QED) is 0.723. The Morgan fingerprint density at radius 3 is 2.90 bits per heavy atom. The average Bonchev–Trinajstić information content (AvgIpc) is 2.50. The number of methoxy groups -OCH3 is 2. The highest BCUT2D eigenvalue weighted by Gasteiger charge is 2.27. The number of nitrogens with two attached hydrogens (primary N) is 1. The standard InChI is InChI=1S/C14H20ClN3O3/c1-20-11-7-17-6-5-10(11)18-14(19)8-3-4-9(16)12(15)13(8)21-2/h3-4,10-11,17H,5-7,16H2,1-2H3,(H,18,19)/t10-,11+/m0/s1. The summed E-state index contributed by atoms with van der Waals surface area (Å²) in [5.41, 5.74) is 6.46. The lowest BCUT2D eigenvalue weighted by molar-refractivity contribution is 0.0476. The van der Waals surface area contributed by atoms with Gasteiger partial charge < -0.3 is 25.8 Å². The van der Waals surface area contributed by atoms with E-state index in [1.54, 1.807) is 19.2 Å². The van der Waals surface area contributed by atoms with Gasteiger partial charge in [-0.15, -0.1) is 0 Å². The molecule has 1 aromatic carbocycles. The number of carbonyl (C=O) groups is 1. The molecule has 0 aromatic heterocycles. The Kier molecular flexibility index (Phi) is 5.27. The molecule has 2 rings (SSSR count). The van der Waals surface area contributed by atoms with Gasteiger partial charge in [0.15, 0.2) is 5.75 Å². The molecule has 2 atom stereocenters. The van der Waals surface area contributed by atoms with Crippen LogP contribution in [0.2, 0.25) is 5.02 Å². The van der Waals surface area contributed by atoms with Crippen LogP contribution in [0.25, 0.3) is 0 Å². The number of carbonyl (C=O) groups excluding carboxylic acids is 1. The summed E-state index contributed by atoms with van der Waals surface area (Å²) in [7, 11) is 3.09. The molecule has 1 heterocycles. The second kappa shape index (κ2) is 6.98. The minimum atomic E-state index is -0.247. The summed E-state index contributed by atoms with van der Waals surface area (Å²) in [6.07, 6.45) is 0.743. The Labute approximate surface area is 128 Å². The maximum Gasteiger partial charge on any atom is 0.255 e. The van der Waals surface area contributed by atoms with E-state index < -0.39 is 0 Å². The Morgan fingerprint density at radius 2 is 2.24 bits per heavy atom. The fourth-order valence-corrected chi connectivity index (χ4v) is 2.68. The SMILES string of the molecule is COc1c(C(=O)N[C@H]2CCNC[C@H]2OC)ccc(N)c1Cl. The number of hydrogen-bond acceptors (Lipinski definition) is 5. The molecule has 0 radical (unpaired) electrons. The first kappa shape index (κ1) is 15.9. The van der Waals surface area contributed by atoms with E-state index in [-0.39, 0.29) is 28.8 Å². The predicted octanol–water partition coefficient (Wildman–Crippen LogP) is 1.04. The van der Waals surface area contributed by atoms with Gasteiger partial charge in [0.2, 0.25) is 0 Å². The van der Waals surface area contributed by atoms with E-state index in [0.29, 0.717) is 17.8 Å². The van der Waals surface area contributed by atoms with Crippen LogP contribution >= 0.6 is 11.6 Å². The highest BCUT2D eigenvalue weighted by Crippen LogP contribution is 2.33. The van der Waals surface area contributed by atoms with Crippen molar-refractivity contribution in [2.24, 2.45) is 0 Å². The fraction of sp³-hybridized carbons (Fsp3) is 0.500. The largest absolute Gasteiger partial charge is 0.494 e. The lowest BCUT2D eigenvalue weighted by atomic mass is 10.0. The number of anilines is 1. The number of nitrogen functional groups attached to an aromatic ring is 1. The number of ether oxygens (including phenoxy) is 2. The molecule has 21 heavy (non-hydrogen) atoms. The molecular weight excluding hydrogens is 294 g/mol. The number of benzene rings is 1. The molecule has 1 fully saturated rings. The minimum absolute atomic E-state index is 0.0511. The number of hydrogen-bond donors (Lipinski definition) is 3. The van der Waals surface area contributed by atoms with Crippen molar-refractivity contribution in [1.82, 2.24) is 10.6 Å². The van der Waals surface area contributed by atoms with Crippen LogP contribution in [0.1, 0.15) is 16.8 Å². The summed E-state index contributed by atoms with van der Waals surface area (Å²) in [6.45, 7) is 1.55. The van der Waals surface area contributed by atoms with Gasteiger partial charge in [0.25, 0.3) is 5.91 Å². The molecule has 0 unspecified atom stereocenters. The van der Waals surface area contributed by atoms with Crippen LogP contribution in [0.4, 0.5) is 5.69 Å². The average molecular weight is 314 g/mol. The Bertz CT molecular complexity index is 524. The lowest BCUT2D eigenvalue weighted by Gasteiger charge is -2.31. The predicted molar refractivity (Wildman–Crippen MR) is 82.0 cm³/mol. The van der Waals surface area contributed by atoms with Crippen molar-refractivity contribution in [1.29, 1.82) is 0 Å². The van der Waals surface area contributed by atoms with Gasteiger partial charge in [-0.3, -0.25) is 4.79 Å². The molecule has 0 aliphatic carbocycles. The first-order valence-electron chi connectivity index (χ1n) is 6.74. The molecule has 0 bridgehead atoms. The van der Waals surface area contributed by atoms with E-state index in [9.17, 15) is 4.79 Å². The molecule has 4 N–H and O–H groups in total.